The average molecular weight is 199 g/mol. The van der Waals surface area contributed by atoms with E-state index in [1.165, 1.54) is 25.7 Å². The van der Waals surface area contributed by atoms with E-state index in [1.807, 2.05) is 0 Å². The van der Waals surface area contributed by atoms with Gasteiger partial charge in [0, 0.05) is 19.2 Å². The SMILES string of the molecule is COC[C@@H](C)N[C@@H]1CCCC(C)(C)C1. The molecule has 0 heterocycles. The van der Waals surface area contributed by atoms with Gasteiger partial charge in [0.05, 0.1) is 6.61 Å². The predicted molar refractivity (Wildman–Crippen MR) is 60.5 cm³/mol. The van der Waals surface area contributed by atoms with E-state index < -0.39 is 0 Å². The van der Waals surface area contributed by atoms with Crippen LogP contribution in [-0.4, -0.2) is 25.8 Å². The van der Waals surface area contributed by atoms with Crippen LogP contribution in [0.2, 0.25) is 0 Å². The van der Waals surface area contributed by atoms with Gasteiger partial charge in [0.2, 0.25) is 0 Å². The quantitative estimate of drug-likeness (QED) is 0.751. The van der Waals surface area contributed by atoms with Gasteiger partial charge in [-0.2, -0.15) is 0 Å². The van der Waals surface area contributed by atoms with Crippen molar-refractivity contribution < 1.29 is 4.74 Å². The largest absolute Gasteiger partial charge is 0.383 e. The molecule has 0 amide bonds. The van der Waals surface area contributed by atoms with Crippen molar-refractivity contribution in [3.05, 3.63) is 0 Å². The van der Waals surface area contributed by atoms with Gasteiger partial charge in [0.1, 0.15) is 0 Å². The predicted octanol–water partition coefficient (Wildman–Crippen LogP) is 2.58. The van der Waals surface area contributed by atoms with E-state index in [1.54, 1.807) is 7.11 Å². The molecule has 0 radical (unpaired) electrons. The first-order valence-electron chi connectivity index (χ1n) is 5.78. The fourth-order valence-electron chi connectivity index (χ4n) is 2.54. The molecular formula is C12H25NO. The monoisotopic (exact) mass is 199 g/mol. The van der Waals surface area contributed by atoms with E-state index >= 15 is 0 Å². The molecule has 14 heavy (non-hydrogen) atoms. The van der Waals surface area contributed by atoms with Gasteiger partial charge in [-0.05, 0) is 31.6 Å². The molecule has 0 aromatic carbocycles. The Labute approximate surface area is 88.4 Å². The van der Waals surface area contributed by atoms with Crippen LogP contribution in [0.5, 0.6) is 0 Å². The van der Waals surface area contributed by atoms with Gasteiger partial charge in [0.25, 0.3) is 0 Å². The molecule has 0 unspecified atom stereocenters. The number of ether oxygens (including phenoxy) is 1. The summed E-state index contributed by atoms with van der Waals surface area (Å²) in [6.07, 6.45) is 5.38. The first-order valence-corrected chi connectivity index (χ1v) is 5.78. The van der Waals surface area contributed by atoms with Gasteiger partial charge < -0.3 is 10.1 Å². The van der Waals surface area contributed by atoms with Crippen LogP contribution < -0.4 is 5.32 Å². The summed E-state index contributed by atoms with van der Waals surface area (Å²) < 4.78 is 5.13. The summed E-state index contributed by atoms with van der Waals surface area (Å²) in [6.45, 7) is 7.77. The molecule has 1 aliphatic carbocycles. The zero-order chi connectivity index (χ0) is 10.6. The third-order valence-electron chi connectivity index (χ3n) is 3.14. The van der Waals surface area contributed by atoms with Gasteiger partial charge >= 0.3 is 0 Å². The van der Waals surface area contributed by atoms with Crippen LogP contribution in [0.1, 0.15) is 46.5 Å². The summed E-state index contributed by atoms with van der Waals surface area (Å²) in [4.78, 5) is 0. The molecule has 0 aromatic rings. The lowest BCUT2D eigenvalue weighted by molar-refractivity contribution is 0.142. The Kier molecular flexibility index (Phi) is 4.39. The summed E-state index contributed by atoms with van der Waals surface area (Å²) in [6, 6.07) is 1.18. The van der Waals surface area contributed by atoms with Gasteiger partial charge in [-0.3, -0.25) is 0 Å². The van der Waals surface area contributed by atoms with Crippen molar-refractivity contribution in [2.24, 2.45) is 5.41 Å². The number of hydrogen-bond acceptors (Lipinski definition) is 2. The maximum atomic E-state index is 5.13. The number of nitrogens with one attached hydrogen (secondary N) is 1. The summed E-state index contributed by atoms with van der Waals surface area (Å²) >= 11 is 0. The Balaban J connectivity index is 2.30. The molecule has 2 atom stereocenters. The molecule has 0 aliphatic heterocycles. The van der Waals surface area contributed by atoms with Crippen LogP contribution in [0.15, 0.2) is 0 Å². The fourth-order valence-corrected chi connectivity index (χ4v) is 2.54. The van der Waals surface area contributed by atoms with Crippen molar-refractivity contribution in [2.75, 3.05) is 13.7 Å². The molecule has 0 spiro atoms. The lowest BCUT2D eigenvalue weighted by atomic mass is 9.75. The van der Waals surface area contributed by atoms with Crippen molar-refractivity contribution in [2.45, 2.75) is 58.5 Å². The van der Waals surface area contributed by atoms with Crippen LogP contribution in [0.25, 0.3) is 0 Å². The van der Waals surface area contributed by atoms with Crippen molar-refractivity contribution in [1.29, 1.82) is 0 Å². The van der Waals surface area contributed by atoms with Crippen LogP contribution >= 0.6 is 0 Å². The third-order valence-corrected chi connectivity index (χ3v) is 3.14. The maximum absolute atomic E-state index is 5.13. The normalized spacial score (nSPS) is 28.7. The fraction of sp³-hybridized carbons (Fsp3) is 1.00. The topological polar surface area (TPSA) is 21.3 Å². The molecule has 1 saturated carbocycles. The maximum Gasteiger partial charge on any atom is 0.0613 e. The molecule has 1 fully saturated rings. The number of hydrogen-bond donors (Lipinski definition) is 1. The molecule has 0 aromatic heterocycles. The Morgan fingerprint density at radius 1 is 1.50 bits per heavy atom. The first kappa shape index (κ1) is 12.0. The minimum Gasteiger partial charge on any atom is -0.383 e. The Bertz CT molecular complexity index is 168. The third kappa shape index (κ3) is 3.97. The second-order valence-corrected chi connectivity index (χ2v) is 5.48. The molecule has 2 heteroatoms. The van der Waals surface area contributed by atoms with Crippen molar-refractivity contribution >= 4 is 0 Å². The van der Waals surface area contributed by atoms with E-state index in [0.29, 0.717) is 17.5 Å². The molecular weight excluding hydrogens is 174 g/mol. The molecule has 0 saturated heterocycles. The van der Waals surface area contributed by atoms with Crippen molar-refractivity contribution in [3.63, 3.8) is 0 Å². The minimum absolute atomic E-state index is 0.485. The van der Waals surface area contributed by atoms with E-state index in [-0.39, 0.29) is 0 Å². The molecule has 2 nitrogen and oxygen atoms in total. The number of rotatable bonds is 4. The van der Waals surface area contributed by atoms with Gasteiger partial charge in [0.15, 0.2) is 0 Å². The van der Waals surface area contributed by atoms with E-state index in [0.717, 1.165) is 6.61 Å². The first-order chi connectivity index (χ1) is 6.53. The zero-order valence-corrected chi connectivity index (χ0v) is 10.1. The van der Waals surface area contributed by atoms with Crippen molar-refractivity contribution in [3.8, 4) is 0 Å². The Morgan fingerprint density at radius 3 is 2.79 bits per heavy atom. The molecule has 84 valence electrons. The number of methoxy groups -OCH3 is 1. The van der Waals surface area contributed by atoms with Crippen LogP contribution in [-0.2, 0) is 4.74 Å². The highest BCUT2D eigenvalue weighted by Gasteiger charge is 2.28. The highest BCUT2D eigenvalue weighted by atomic mass is 16.5. The summed E-state index contributed by atoms with van der Waals surface area (Å²) in [5.74, 6) is 0. The second-order valence-electron chi connectivity index (χ2n) is 5.48. The standard InChI is InChI=1S/C12H25NO/c1-10(9-14-4)13-11-6-5-7-12(2,3)8-11/h10-11,13H,5-9H2,1-4H3/t10-,11-/m1/s1. The van der Waals surface area contributed by atoms with Gasteiger partial charge in [-0.1, -0.05) is 20.3 Å². The molecule has 1 aliphatic rings. The minimum atomic E-state index is 0.485. The highest BCUT2D eigenvalue weighted by molar-refractivity contribution is 4.84. The highest BCUT2D eigenvalue weighted by Crippen LogP contribution is 2.35. The van der Waals surface area contributed by atoms with E-state index in [9.17, 15) is 0 Å². The van der Waals surface area contributed by atoms with Gasteiger partial charge in [-0.25, -0.2) is 0 Å². The lowest BCUT2D eigenvalue weighted by Crippen LogP contribution is -2.43. The molecule has 1 N–H and O–H groups in total. The lowest BCUT2D eigenvalue weighted by Gasteiger charge is -2.37. The van der Waals surface area contributed by atoms with Crippen LogP contribution in [0.4, 0.5) is 0 Å². The van der Waals surface area contributed by atoms with E-state index in [4.69, 9.17) is 4.74 Å². The molecule has 1 rings (SSSR count). The van der Waals surface area contributed by atoms with Gasteiger partial charge in [-0.15, -0.1) is 0 Å². The van der Waals surface area contributed by atoms with Crippen molar-refractivity contribution in [1.82, 2.24) is 5.32 Å². The summed E-state index contributed by atoms with van der Waals surface area (Å²) in [5, 5.41) is 3.65. The summed E-state index contributed by atoms with van der Waals surface area (Å²) in [7, 11) is 1.77. The van der Waals surface area contributed by atoms with E-state index in [2.05, 4.69) is 26.1 Å². The van der Waals surface area contributed by atoms with Crippen LogP contribution in [0.3, 0.4) is 0 Å². The second kappa shape index (κ2) is 5.13. The Morgan fingerprint density at radius 2 is 2.21 bits per heavy atom. The average Bonchev–Trinajstić information content (AvgIpc) is 2.02. The summed E-state index contributed by atoms with van der Waals surface area (Å²) in [5.41, 5.74) is 0.530. The smallest absolute Gasteiger partial charge is 0.0613 e. The van der Waals surface area contributed by atoms with Crippen LogP contribution in [0, 0.1) is 5.41 Å². The zero-order valence-electron chi connectivity index (χ0n) is 10.1. The Hall–Kier alpha value is -0.0800. The molecule has 0 bridgehead atoms.